The molecule has 0 saturated heterocycles. The first-order valence-electron chi connectivity index (χ1n) is 7.75. The fourth-order valence-electron chi connectivity index (χ4n) is 6.50. The van der Waals surface area contributed by atoms with Crippen LogP contribution in [0.4, 0.5) is 0 Å². The van der Waals surface area contributed by atoms with E-state index in [1.54, 1.807) is 0 Å². The Bertz CT molecular complexity index is 310. The Hall–Kier alpha value is 0. The Balaban J connectivity index is 2.43. The van der Waals surface area contributed by atoms with Crippen LogP contribution >= 0.6 is 0 Å². The largest absolute Gasteiger partial charge is 0.0654 e. The second-order valence-electron chi connectivity index (χ2n) is 8.02. The molecule has 100 valence electrons. The molecule has 2 saturated carbocycles. The van der Waals surface area contributed by atoms with Gasteiger partial charge in [0, 0.05) is 0 Å². The Morgan fingerprint density at radius 1 is 1.12 bits per heavy atom. The Labute approximate surface area is 109 Å². The molecule has 0 aromatic heterocycles. The molecule has 0 radical (unpaired) electrons. The van der Waals surface area contributed by atoms with Crippen LogP contribution in [-0.2, 0) is 0 Å². The summed E-state index contributed by atoms with van der Waals surface area (Å²) in [4.78, 5) is 0. The van der Waals surface area contributed by atoms with E-state index in [2.05, 4.69) is 48.5 Å². The maximum atomic E-state index is 2.60. The van der Waals surface area contributed by atoms with Crippen molar-refractivity contribution in [2.75, 3.05) is 0 Å². The second kappa shape index (κ2) is 3.52. The maximum Gasteiger partial charge on any atom is -0.0125 e. The van der Waals surface area contributed by atoms with Crippen LogP contribution in [0.5, 0.6) is 0 Å². The molecule has 2 aliphatic carbocycles. The van der Waals surface area contributed by atoms with Crippen LogP contribution in [0.2, 0.25) is 0 Å². The molecule has 4 unspecified atom stereocenters. The van der Waals surface area contributed by atoms with Gasteiger partial charge in [0.1, 0.15) is 0 Å². The molecule has 0 nitrogen and oxygen atoms in total. The van der Waals surface area contributed by atoms with Crippen LogP contribution in [0.3, 0.4) is 0 Å². The lowest BCUT2D eigenvalue weighted by atomic mass is 9.60. The van der Waals surface area contributed by atoms with Crippen molar-refractivity contribution < 1.29 is 0 Å². The zero-order valence-corrected chi connectivity index (χ0v) is 13.1. The van der Waals surface area contributed by atoms with Gasteiger partial charge in [-0.1, -0.05) is 61.3 Å². The SMILES string of the molecule is CCCC1(C(C)CC)C2(C)CCC21C(C)(C)C. The molecule has 0 N–H and O–H groups in total. The zero-order chi connectivity index (χ0) is 13.1. The molecular formula is C17H32. The van der Waals surface area contributed by atoms with Crippen LogP contribution in [0.1, 0.15) is 80.6 Å². The van der Waals surface area contributed by atoms with E-state index in [-0.39, 0.29) is 0 Å². The number of fused-ring (bicyclic) bond motifs is 1. The fraction of sp³-hybridized carbons (Fsp3) is 1.00. The van der Waals surface area contributed by atoms with Gasteiger partial charge >= 0.3 is 0 Å². The molecule has 0 aromatic carbocycles. The van der Waals surface area contributed by atoms with E-state index in [0.29, 0.717) is 21.7 Å². The van der Waals surface area contributed by atoms with E-state index < -0.39 is 0 Å². The highest BCUT2D eigenvalue weighted by molar-refractivity contribution is 5.38. The van der Waals surface area contributed by atoms with E-state index in [4.69, 9.17) is 0 Å². The van der Waals surface area contributed by atoms with E-state index in [0.717, 1.165) is 5.92 Å². The maximum absolute atomic E-state index is 2.60. The molecule has 0 bridgehead atoms. The minimum absolute atomic E-state index is 0.485. The average molecular weight is 236 g/mol. The molecule has 17 heavy (non-hydrogen) atoms. The lowest BCUT2D eigenvalue weighted by Gasteiger charge is -2.44. The van der Waals surface area contributed by atoms with Gasteiger partial charge in [0.2, 0.25) is 0 Å². The summed E-state index contributed by atoms with van der Waals surface area (Å²) in [5.41, 5.74) is 2.45. The summed E-state index contributed by atoms with van der Waals surface area (Å²) in [5.74, 6) is 0.897. The molecule has 0 aliphatic heterocycles. The smallest absolute Gasteiger partial charge is 0.0125 e. The van der Waals surface area contributed by atoms with Crippen molar-refractivity contribution in [3.63, 3.8) is 0 Å². The highest BCUT2D eigenvalue weighted by Crippen LogP contribution is 2.96. The van der Waals surface area contributed by atoms with Gasteiger partial charge in [0.05, 0.1) is 0 Å². The zero-order valence-electron chi connectivity index (χ0n) is 13.1. The van der Waals surface area contributed by atoms with E-state index >= 15 is 0 Å². The van der Waals surface area contributed by atoms with Crippen LogP contribution in [0.25, 0.3) is 0 Å². The van der Waals surface area contributed by atoms with Crippen molar-refractivity contribution in [3.8, 4) is 0 Å². The minimum atomic E-state index is 0.485. The minimum Gasteiger partial charge on any atom is -0.0654 e. The average Bonchev–Trinajstić information content (AvgIpc) is 2.55. The van der Waals surface area contributed by atoms with E-state index in [1.807, 2.05) is 0 Å². The third kappa shape index (κ3) is 1.12. The highest BCUT2D eigenvalue weighted by Gasteiger charge is 2.90. The monoisotopic (exact) mass is 236 g/mol. The lowest BCUT2D eigenvalue weighted by Crippen LogP contribution is -2.36. The Kier molecular flexibility index (Phi) is 2.78. The number of rotatable bonds is 4. The summed E-state index contributed by atoms with van der Waals surface area (Å²) in [7, 11) is 0. The van der Waals surface area contributed by atoms with Crippen molar-refractivity contribution in [2.24, 2.45) is 27.6 Å². The first-order chi connectivity index (χ1) is 7.75. The van der Waals surface area contributed by atoms with Gasteiger partial charge in [-0.25, -0.2) is 0 Å². The normalized spacial score (nSPS) is 46.1. The molecular weight excluding hydrogens is 204 g/mol. The van der Waals surface area contributed by atoms with Crippen molar-refractivity contribution in [1.29, 1.82) is 0 Å². The first kappa shape index (κ1) is 13.4. The lowest BCUT2D eigenvalue weighted by molar-refractivity contribution is 0.0496. The van der Waals surface area contributed by atoms with Crippen LogP contribution in [0, 0.1) is 27.6 Å². The summed E-state index contributed by atoms with van der Waals surface area (Å²) in [5, 5.41) is 0. The first-order valence-corrected chi connectivity index (χ1v) is 7.75. The fourth-order valence-corrected chi connectivity index (χ4v) is 6.50. The molecule has 2 aliphatic rings. The van der Waals surface area contributed by atoms with Gasteiger partial charge in [0.25, 0.3) is 0 Å². The summed E-state index contributed by atoms with van der Waals surface area (Å²) in [6, 6.07) is 0. The van der Waals surface area contributed by atoms with Crippen molar-refractivity contribution in [2.45, 2.75) is 80.6 Å². The van der Waals surface area contributed by atoms with Gasteiger partial charge in [-0.3, -0.25) is 0 Å². The summed E-state index contributed by atoms with van der Waals surface area (Å²) in [6.45, 7) is 17.4. The van der Waals surface area contributed by atoms with Crippen molar-refractivity contribution in [3.05, 3.63) is 0 Å². The van der Waals surface area contributed by atoms with E-state index in [1.165, 1.54) is 32.1 Å². The third-order valence-electron chi connectivity index (χ3n) is 7.00. The Morgan fingerprint density at radius 2 is 1.71 bits per heavy atom. The van der Waals surface area contributed by atoms with E-state index in [9.17, 15) is 0 Å². The molecule has 2 fully saturated rings. The molecule has 0 spiro atoms. The summed E-state index contributed by atoms with van der Waals surface area (Å²) >= 11 is 0. The van der Waals surface area contributed by atoms with Gasteiger partial charge in [0.15, 0.2) is 0 Å². The predicted molar refractivity (Wildman–Crippen MR) is 76.0 cm³/mol. The second-order valence-corrected chi connectivity index (χ2v) is 8.02. The summed E-state index contributed by atoms with van der Waals surface area (Å²) < 4.78 is 0. The van der Waals surface area contributed by atoms with Gasteiger partial charge in [-0.2, -0.15) is 0 Å². The molecule has 0 amide bonds. The summed E-state index contributed by atoms with van der Waals surface area (Å²) in [6.07, 6.45) is 7.13. The van der Waals surface area contributed by atoms with Gasteiger partial charge < -0.3 is 0 Å². The molecule has 0 aromatic rings. The topological polar surface area (TPSA) is 0 Å². The molecule has 4 atom stereocenters. The number of hydrogen-bond donors (Lipinski definition) is 0. The number of hydrogen-bond acceptors (Lipinski definition) is 0. The van der Waals surface area contributed by atoms with Crippen molar-refractivity contribution in [1.82, 2.24) is 0 Å². The highest BCUT2D eigenvalue weighted by atomic mass is 14.9. The van der Waals surface area contributed by atoms with Crippen LogP contribution < -0.4 is 0 Å². The van der Waals surface area contributed by atoms with Crippen molar-refractivity contribution >= 4 is 0 Å². The predicted octanol–water partition coefficient (Wildman–Crippen LogP) is 5.67. The molecule has 0 heteroatoms. The van der Waals surface area contributed by atoms with Gasteiger partial charge in [-0.05, 0) is 46.8 Å². The van der Waals surface area contributed by atoms with Gasteiger partial charge in [-0.15, -0.1) is 0 Å². The molecule has 2 rings (SSSR count). The van der Waals surface area contributed by atoms with Crippen LogP contribution in [0.15, 0.2) is 0 Å². The standard InChI is InChI=1S/C17H32/c1-8-10-16(13(3)9-2)15(7)11-12-17(15,16)14(4,5)6/h13H,8-12H2,1-7H3. The third-order valence-corrected chi connectivity index (χ3v) is 7.00. The van der Waals surface area contributed by atoms with Crippen LogP contribution in [-0.4, -0.2) is 0 Å². The molecule has 0 heterocycles. The Morgan fingerprint density at radius 3 is 1.94 bits per heavy atom. The quantitative estimate of drug-likeness (QED) is 0.590.